The molecule has 1 unspecified atom stereocenters. The summed E-state index contributed by atoms with van der Waals surface area (Å²) in [6.45, 7) is 3.97. The number of hydrogen-bond donors (Lipinski definition) is 1. The van der Waals surface area contributed by atoms with E-state index in [2.05, 4.69) is 28.2 Å². The van der Waals surface area contributed by atoms with Gasteiger partial charge in [0.2, 0.25) is 5.95 Å². The zero-order valence-electron chi connectivity index (χ0n) is 14.5. The van der Waals surface area contributed by atoms with Crippen molar-refractivity contribution in [3.8, 4) is 5.75 Å². The molecular weight excluding hydrogens is 300 g/mol. The molecule has 2 heterocycles. The fraction of sp³-hybridized carbons (Fsp3) is 0.474. The molecule has 5 nitrogen and oxygen atoms in total. The molecule has 128 valence electrons. The average Bonchev–Trinajstić information content (AvgIpc) is 2.66. The molecule has 2 aromatic rings. The van der Waals surface area contributed by atoms with Crippen LogP contribution in [0.4, 0.5) is 11.8 Å². The molecule has 1 aromatic heterocycles. The van der Waals surface area contributed by atoms with E-state index in [-0.39, 0.29) is 0 Å². The molecule has 1 saturated heterocycles. The van der Waals surface area contributed by atoms with Gasteiger partial charge in [-0.1, -0.05) is 25.1 Å². The minimum atomic E-state index is 0.559. The van der Waals surface area contributed by atoms with Crippen molar-refractivity contribution in [3.05, 3.63) is 42.1 Å². The number of nitrogens with one attached hydrogen (secondary N) is 1. The maximum atomic E-state index is 5.40. The van der Waals surface area contributed by atoms with Gasteiger partial charge in [0.15, 0.2) is 0 Å². The summed E-state index contributed by atoms with van der Waals surface area (Å²) < 4.78 is 5.40. The third-order valence-corrected chi connectivity index (χ3v) is 4.65. The average molecular weight is 326 g/mol. The first-order chi connectivity index (χ1) is 11.8. The van der Waals surface area contributed by atoms with E-state index in [0.717, 1.165) is 36.0 Å². The van der Waals surface area contributed by atoms with Crippen LogP contribution in [0.15, 0.2) is 36.5 Å². The second-order valence-corrected chi connectivity index (χ2v) is 6.16. The number of hydrogen-bond acceptors (Lipinski definition) is 5. The number of ether oxygens (including phenoxy) is 1. The minimum Gasteiger partial charge on any atom is -0.496 e. The Hall–Kier alpha value is -2.30. The Balaban J connectivity index is 1.71. The van der Waals surface area contributed by atoms with Crippen LogP contribution in [-0.4, -0.2) is 29.7 Å². The molecule has 0 amide bonds. The van der Waals surface area contributed by atoms with Crippen LogP contribution in [-0.2, 0) is 6.54 Å². The van der Waals surface area contributed by atoms with Crippen molar-refractivity contribution in [2.45, 2.75) is 45.2 Å². The Labute approximate surface area is 144 Å². The number of rotatable bonds is 6. The largest absolute Gasteiger partial charge is 0.496 e. The van der Waals surface area contributed by atoms with E-state index in [1.807, 2.05) is 30.5 Å². The van der Waals surface area contributed by atoms with Crippen LogP contribution >= 0.6 is 0 Å². The predicted molar refractivity (Wildman–Crippen MR) is 97.6 cm³/mol. The molecule has 0 saturated carbocycles. The van der Waals surface area contributed by atoms with E-state index in [9.17, 15) is 0 Å². The topological polar surface area (TPSA) is 50.3 Å². The minimum absolute atomic E-state index is 0.559. The molecule has 1 aromatic carbocycles. The highest BCUT2D eigenvalue weighted by Crippen LogP contribution is 2.24. The van der Waals surface area contributed by atoms with E-state index in [1.165, 1.54) is 19.3 Å². The van der Waals surface area contributed by atoms with Crippen molar-refractivity contribution in [1.82, 2.24) is 9.97 Å². The SMILES string of the molecule is CCC1CCCCN1c1nccc(NCc2ccccc2OC)n1. The summed E-state index contributed by atoms with van der Waals surface area (Å²) in [4.78, 5) is 11.6. The molecule has 3 rings (SSSR count). The summed E-state index contributed by atoms with van der Waals surface area (Å²) in [6.07, 6.45) is 6.74. The van der Waals surface area contributed by atoms with Gasteiger partial charge in [0, 0.05) is 30.9 Å². The molecule has 1 N–H and O–H groups in total. The lowest BCUT2D eigenvalue weighted by Crippen LogP contribution is -2.40. The normalized spacial score (nSPS) is 17.6. The number of piperidine rings is 1. The highest BCUT2D eigenvalue weighted by molar-refractivity contribution is 5.44. The summed E-state index contributed by atoms with van der Waals surface area (Å²) in [6, 6.07) is 10.5. The van der Waals surface area contributed by atoms with Crippen molar-refractivity contribution in [3.63, 3.8) is 0 Å². The zero-order chi connectivity index (χ0) is 16.8. The monoisotopic (exact) mass is 326 g/mol. The van der Waals surface area contributed by atoms with E-state index in [1.54, 1.807) is 7.11 Å². The highest BCUT2D eigenvalue weighted by Gasteiger charge is 2.23. The predicted octanol–water partition coefficient (Wildman–Crippen LogP) is 3.87. The second-order valence-electron chi connectivity index (χ2n) is 6.16. The number of anilines is 2. The van der Waals surface area contributed by atoms with Crippen LogP contribution < -0.4 is 15.0 Å². The lowest BCUT2D eigenvalue weighted by atomic mass is 10.0. The Bertz CT molecular complexity index is 661. The van der Waals surface area contributed by atoms with Crippen molar-refractivity contribution in [2.75, 3.05) is 23.9 Å². The first-order valence-corrected chi connectivity index (χ1v) is 8.77. The fourth-order valence-corrected chi connectivity index (χ4v) is 3.31. The Morgan fingerprint density at radius 3 is 2.96 bits per heavy atom. The van der Waals surface area contributed by atoms with Crippen molar-refractivity contribution in [2.24, 2.45) is 0 Å². The lowest BCUT2D eigenvalue weighted by molar-refractivity contribution is 0.410. The smallest absolute Gasteiger partial charge is 0.227 e. The molecular formula is C19H26N4O. The molecule has 1 aliphatic rings. The van der Waals surface area contributed by atoms with Gasteiger partial charge in [0.05, 0.1) is 7.11 Å². The number of benzene rings is 1. The third-order valence-electron chi connectivity index (χ3n) is 4.65. The fourth-order valence-electron chi connectivity index (χ4n) is 3.31. The van der Waals surface area contributed by atoms with Crippen molar-refractivity contribution >= 4 is 11.8 Å². The molecule has 0 bridgehead atoms. The van der Waals surface area contributed by atoms with Gasteiger partial charge in [-0.15, -0.1) is 0 Å². The van der Waals surface area contributed by atoms with E-state index >= 15 is 0 Å². The number of aromatic nitrogens is 2. The van der Waals surface area contributed by atoms with Gasteiger partial charge in [-0.25, -0.2) is 4.98 Å². The maximum absolute atomic E-state index is 5.40. The standard InChI is InChI=1S/C19H26N4O/c1-3-16-9-6-7-13-23(16)19-20-12-11-18(22-19)21-14-15-8-4-5-10-17(15)24-2/h4-5,8,10-12,16H,3,6-7,9,13-14H2,1-2H3,(H,20,21,22). The van der Waals surface area contributed by atoms with Gasteiger partial charge in [-0.2, -0.15) is 4.98 Å². The van der Waals surface area contributed by atoms with Crippen molar-refractivity contribution in [1.29, 1.82) is 0 Å². The van der Waals surface area contributed by atoms with Gasteiger partial charge < -0.3 is 15.0 Å². The molecule has 1 fully saturated rings. The Morgan fingerprint density at radius 2 is 2.12 bits per heavy atom. The van der Waals surface area contributed by atoms with Gasteiger partial charge in [0.1, 0.15) is 11.6 Å². The van der Waals surface area contributed by atoms with Gasteiger partial charge in [-0.3, -0.25) is 0 Å². The van der Waals surface area contributed by atoms with Gasteiger partial charge >= 0.3 is 0 Å². The summed E-state index contributed by atoms with van der Waals surface area (Å²) in [5.74, 6) is 2.58. The molecule has 0 aliphatic carbocycles. The Kier molecular flexibility index (Phi) is 5.51. The van der Waals surface area contributed by atoms with Crippen LogP contribution in [0.1, 0.15) is 38.2 Å². The van der Waals surface area contributed by atoms with Crippen LogP contribution in [0.2, 0.25) is 0 Å². The van der Waals surface area contributed by atoms with Crippen molar-refractivity contribution < 1.29 is 4.74 Å². The molecule has 1 aliphatic heterocycles. The Morgan fingerprint density at radius 1 is 1.25 bits per heavy atom. The lowest BCUT2D eigenvalue weighted by Gasteiger charge is -2.35. The van der Waals surface area contributed by atoms with Crippen LogP contribution in [0.3, 0.4) is 0 Å². The number of para-hydroxylation sites is 1. The van der Waals surface area contributed by atoms with E-state index < -0.39 is 0 Å². The second kappa shape index (κ2) is 7.99. The molecule has 5 heteroatoms. The first-order valence-electron chi connectivity index (χ1n) is 8.77. The maximum Gasteiger partial charge on any atom is 0.227 e. The summed E-state index contributed by atoms with van der Waals surface area (Å²) in [5.41, 5.74) is 1.12. The third kappa shape index (κ3) is 3.78. The first kappa shape index (κ1) is 16.6. The van der Waals surface area contributed by atoms with Crippen LogP contribution in [0, 0.1) is 0 Å². The zero-order valence-corrected chi connectivity index (χ0v) is 14.5. The van der Waals surface area contributed by atoms with E-state index in [0.29, 0.717) is 12.6 Å². The molecule has 0 spiro atoms. The van der Waals surface area contributed by atoms with Gasteiger partial charge in [0.25, 0.3) is 0 Å². The number of nitrogens with zero attached hydrogens (tertiary/aromatic N) is 3. The van der Waals surface area contributed by atoms with Gasteiger partial charge in [-0.05, 0) is 37.8 Å². The molecule has 0 radical (unpaired) electrons. The molecule has 1 atom stereocenters. The highest BCUT2D eigenvalue weighted by atomic mass is 16.5. The molecule has 24 heavy (non-hydrogen) atoms. The quantitative estimate of drug-likeness (QED) is 0.873. The summed E-state index contributed by atoms with van der Waals surface area (Å²) in [7, 11) is 1.70. The summed E-state index contributed by atoms with van der Waals surface area (Å²) in [5, 5.41) is 3.39. The van der Waals surface area contributed by atoms with Crippen LogP contribution in [0.25, 0.3) is 0 Å². The van der Waals surface area contributed by atoms with Crippen LogP contribution in [0.5, 0.6) is 5.75 Å². The number of methoxy groups -OCH3 is 1. The summed E-state index contributed by atoms with van der Waals surface area (Å²) >= 11 is 0. The van der Waals surface area contributed by atoms with E-state index in [4.69, 9.17) is 9.72 Å².